The monoisotopic (exact) mass is 312 g/mol. The maximum Gasteiger partial charge on any atom is 0.0514 e. The molecule has 2 nitrogen and oxygen atoms in total. The van der Waals surface area contributed by atoms with E-state index in [9.17, 15) is 10.2 Å². The molecule has 2 N–H and O–H groups in total. The summed E-state index contributed by atoms with van der Waals surface area (Å²) in [5.74, 6) is 0.626. The summed E-state index contributed by atoms with van der Waals surface area (Å²) in [4.78, 5) is 0. The maximum atomic E-state index is 10.3. The highest BCUT2D eigenvalue weighted by Gasteiger charge is 2.51. The van der Waals surface area contributed by atoms with Crippen molar-refractivity contribution in [3.63, 3.8) is 0 Å². The van der Waals surface area contributed by atoms with Crippen molar-refractivity contribution < 1.29 is 10.2 Å². The first-order valence-electron chi connectivity index (χ1n) is 9.88. The summed E-state index contributed by atoms with van der Waals surface area (Å²) in [5.41, 5.74) is -0.208. The number of hydrogen-bond donors (Lipinski definition) is 2. The van der Waals surface area contributed by atoms with Crippen molar-refractivity contribution in [1.29, 1.82) is 0 Å². The number of aliphatic hydroxyl groups is 2. The zero-order chi connectivity index (χ0) is 16.5. The van der Waals surface area contributed by atoms with E-state index >= 15 is 0 Å². The SMILES string of the molecule is CCC1CCCCCCCCCC(CO)(CO)C1(CC)CC. The van der Waals surface area contributed by atoms with Crippen LogP contribution in [0.4, 0.5) is 0 Å². The second-order valence-electron chi connectivity index (χ2n) is 7.58. The van der Waals surface area contributed by atoms with E-state index in [4.69, 9.17) is 0 Å². The van der Waals surface area contributed by atoms with Crippen LogP contribution in [0.3, 0.4) is 0 Å². The molecular weight excluding hydrogens is 272 g/mol. The topological polar surface area (TPSA) is 40.5 Å². The van der Waals surface area contributed by atoms with Gasteiger partial charge in [-0.15, -0.1) is 0 Å². The van der Waals surface area contributed by atoms with Crippen molar-refractivity contribution in [3.05, 3.63) is 0 Å². The lowest BCUT2D eigenvalue weighted by Crippen LogP contribution is -2.51. The molecule has 0 saturated heterocycles. The van der Waals surface area contributed by atoms with Crippen molar-refractivity contribution in [3.8, 4) is 0 Å². The highest BCUT2D eigenvalue weighted by atomic mass is 16.3. The van der Waals surface area contributed by atoms with Crippen LogP contribution in [0, 0.1) is 16.7 Å². The van der Waals surface area contributed by atoms with Crippen LogP contribution in [0.1, 0.15) is 97.8 Å². The molecule has 0 aromatic rings. The van der Waals surface area contributed by atoms with Crippen LogP contribution >= 0.6 is 0 Å². The normalized spacial score (nSPS) is 26.9. The average Bonchev–Trinajstić information content (AvgIpc) is 2.56. The van der Waals surface area contributed by atoms with E-state index in [2.05, 4.69) is 20.8 Å². The van der Waals surface area contributed by atoms with E-state index in [0.717, 1.165) is 25.7 Å². The molecule has 1 unspecified atom stereocenters. The van der Waals surface area contributed by atoms with E-state index < -0.39 is 0 Å². The molecule has 1 aliphatic rings. The fraction of sp³-hybridized carbons (Fsp3) is 1.00. The van der Waals surface area contributed by atoms with Crippen molar-refractivity contribution in [1.82, 2.24) is 0 Å². The summed E-state index contributed by atoms with van der Waals surface area (Å²) < 4.78 is 0. The van der Waals surface area contributed by atoms with E-state index in [1.165, 1.54) is 51.4 Å². The smallest absolute Gasteiger partial charge is 0.0514 e. The zero-order valence-corrected chi connectivity index (χ0v) is 15.4. The highest BCUT2D eigenvalue weighted by molar-refractivity contribution is 5.00. The van der Waals surface area contributed by atoms with Gasteiger partial charge in [0.15, 0.2) is 0 Å². The Morgan fingerprint density at radius 2 is 1.27 bits per heavy atom. The summed E-state index contributed by atoms with van der Waals surface area (Å²) in [7, 11) is 0. The average molecular weight is 313 g/mol. The van der Waals surface area contributed by atoms with E-state index in [0.29, 0.717) is 5.92 Å². The van der Waals surface area contributed by atoms with Gasteiger partial charge in [-0.1, -0.05) is 72.1 Å². The molecule has 0 bridgehead atoms. The van der Waals surface area contributed by atoms with Crippen LogP contribution in [0.15, 0.2) is 0 Å². The summed E-state index contributed by atoms with van der Waals surface area (Å²) in [6.45, 7) is 7.13. The number of aliphatic hydroxyl groups excluding tert-OH is 2. The van der Waals surface area contributed by atoms with Gasteiger partial charge >= 0.3 is 0 Å². The summed E-state index contributed by atoms with van der Waals surface area (Å²) in [5, 5.41) is 20.6. The third kappa shape index (κ3) is 4.06. The Bertz CT molecular complexity index is 279. The Morgan fingerprint density at radius 1 is 0.773 bits per heavy atom. The van der Waals surface area contributed by atoms with E-state index in [1.807, 2.05) is 0 Å². The minimum atomic E-state index is -0.295. The predicted molar refractivity (Wildman–Crippen MR) is 95.0 cm³/mol. The van der Waals surface area contributed by atoms with Crippen LogP contribution in [-0.4, -0.2) is 23.4 Å². The molecule has 0 heterocycles. The molecule has 1 fully saturated rings. The molecule has 0 aliphatic heterocycles. The number of hydrogen-bond acceptors (Lipinski definition) is 2. The lowest BCUT2D eigenvalue weighted by molar-refractivity contribution is -0.110. The van der Waals surface area contributed by atoms with Crippen LogP contribution in [0.2, 0.25) is 0 Å². The number of rotatable bonds is 5. The molecule has 1 atom stereocenters. The molecule has 0 spiro atoms. The molecule has 22 heavy (non-hydrogen) atoms. The summed E-state index contributed by atoms with van der Waals surface area (Å²) >= 11 is 0. The van der Waals surface area contributed by atoms with Gasteiger partial charge in [-0.2, -0.15) is 0 Å². The molecule has 0 amide bonds. The fourth-order valence-corrected chi connectivity index (χ4v) is 5.39. The van der Waals surface area contributed by atoms with Crippen LogP contribution in [0.25, 0.3) is 0 Å². The van der Waals surface area contributed by atoms with Gasteiger partial charge in [0.1, 0.15) is 0 Å². The van der Waals surface area contributed by atoms with Gasteiger partial charge in [-0.05, 0) is 37.0 Å². The molecule has 1 rings (SSSR count). The van der Waals surface area contributed by atoms with Crippen LogP contribution < -0.4 is 0 Å². The van der Waals surface area contributed by atoms with Gasteiger partial charge < -0.3 is 10.2 Å². The Morgan fingerprint density at radius 3 is 1.73 bits per heavy atom. The van der Waals surface area contributed by atoms with Gasteiger partial charge in [-0.3, -0.25) is 0 Å². The fourth-order valence-electron chi connectivity index (χ4n) is 5.39. The Balaban J connectivity index is 3.15. The quantitative estimate of drug-likeness (QED) is 0.721. The van der Waals surface area contributed by atoms with Crippen molar-refractivity contribution in [2.75, 3.05) is 13.2 Å². The van der Waals surface area contributed by atoms with Gasteiger partial charge in [0.2, 0.25) is 0 Å². The minimum Gasteiger partial charge on any atom is -0.396 e. The van der Waals surface area contributed by atoms with E-state index in [-0.39, 0.29) is 24.0 Å². The van der Waals surface area contributed by atoms with Gasteiger partial charge in [-0.25, -0.2) is 0 Å². The second kappa shape index (κ2) is 9.93. The molecular formula is C20H40O2. The van der Waals surface area contributed by atoms with Gasteiger partial charge in [0, 0.05) is 5.41 Å². The standard InChI is InChI=1S/C20H40O2/c1-4-18-14-12-10-8-7-9-11-13-15-19(16-21,17-22)20(18,5-2)6-3/h18,21-22H,4-17H2,1-3H3. The molecule has 0 aromatic carbocycles. The molecule has 1 aliphatic carbocycles. The first-order valence-corrected chi connectivity index (χ1v) is 9.88. The third-order valence-corrected chi connectivity index (χ3v) is 6.91. The molecule has 0 radical (unpaired) electrons. The van der Waals surface area contributed by atoms with Gasteiger partial charge in [0.05, 0.1) is 13.2 Å². The molecule has 1 saturated carbocycles. The van der Waals surface area contributed by atoms with Crippen LogP contribution in [-0.2, 0) is 0 Å². The van der Waals surface area contributed by atoms with E-state index in [1.54, 1.807) is 0 Å². The first kappa shape index (κ1) is 20.0. The van der Waals surface area contributed by atoms with Crippen LogP contribution in [0.5, 0.6) is 0 Å². The first-order chi connectivity index (χ1) is 10.7. The summed E-state index contributed by atoms with van der Waals surface area (Å²) in [6, 6.07) is 0. The maximum absolute atomic E-state index is 10.3. The molecule has 132 valence electrons. The minimum absolute atomic E-state index is 0.0877. The lowest BCUT2D eigenvalue weighted by Gasteiger charge is -2.54. The summed E-state index contributed by atoms with van der Waals surface area (Å²) in [6.07, 6.45) is 14.7. The third-order valence-electron chi connectivity index (χ3n) is 6.91. The Kier molecular flexibility index (Phi) is 9.01. The Labute approximate surface area is 138 Å². The highest BCUT2D eigenvalue weighted by Crippen LogP contribution is 2.55. The Hall–Kier alpha value is -0.0800. The second-order valence-corrected chi connectivity index (χ2v) is 7.58. The zero-order valence-electron chi connectivity index (χ0n) is 15.4. The van der Waals surface area contributed by atoms with Crippen molar-refractivity contribution in [2.24, 2.45) is 16.7 Å². The largest absolute Gasteiger partial charge is 0.396 e. The lowest BCUT2D eigenvalue weighted by atomic mass is 9.52. The molecule has 0 aromatic heterocycles. The van der Waals surface area contributed by atoms with Crippen molar-refractivity contribution >= 4 is 0 Å². The van der Waals surface area contributed by atoms with Gasteiger partial charge in [0.25, 0.3) is 0 Å². The van der Waals surface area contributed by atoms with Crippen molar-refractivity contribution in [2.45, 2.75) is 97.8 Å². The molecule has 2 heteroatoms. The predicted octanol–water partition coefficient (Wildman–Crippen LogP) is 5.31.